The van der Waals surface area contributed by atoms with Crippen LogP contribution in [0.5, 0.6) is 11.5 Å². The van der Waals surface area contributed by atoms with E-state index in [0.717, 1.165) is 0 Å². The fraction of sp³-hybridized carbons (Fsp3) is 0.125. The van der Waals surface area contributed by atoms with Gasteiger partial charge < -0.3 is 4.74 Å². The molecule has 0 saturated carbocycles. The molecule has 55 valence electrons. The van der Waals surface area contributed by atoms with Gasteiger partial charge in [0.15, 0.2) is 12.4 Å². The summed E-state index contributed by atoms with van der Waals surface area (Å²) in [5.41, 5.74) is 0.518. The molecule has 0 N–H and O–H groups in total. The lowest BCUT2D eigenvalue weighted by Gasteiger charge is -1.94. The van der Waals surface area contributed by atoms with Crippen LogP contribution < -0.4 is 4.74 Å². The second-order valence-electron chi connectivity index (χ2n) is 2.37. The highest BCUT2D eigenvalue weighted by Crippen LogP contribution is 2.28. The summed E-state index contributed by atoms with van der Waals surface area (Å²) in [5, 5.41) is 10.7. The second-order valence-corrected chi connectivity index (χ2v) is 2.37. The highest BCUT2D eigenvalue weighted by Gasteiger charge is 2.20. The summed E-state index contributed by atoms with van der Waals surface area (Å²) in [5.74, 6) is 0.237. The lowest BCUT2D eigenvalue weighted by molar-refractivity contribution is 0.0961. The van der Waals surface area contributed by atoms with Crippen molar-refractivity contribution in [1.82, 2.24) is 0 Å². The Morgan fingerprint density at radius 2 is 2.18 bits per heavy atom. The Morgan fingerprint density at radius 3 is 3.00 bits per heavy atom. The summed E-state index contributed by atoms with van der Waals surface area (Å²) in [7, 11) is 0. The predicted molar refractivity (Wildman–Crippen MR) is 36.4 cm³/mol. The molecule has 1 heterocycles. The van der Waals surface area contributed by atoms with Crippen LogP contribution in [0.25, 0.3) is 0 Å². The third-order valence-corrected chi connectivity index (χ3v) is 1.61. The number of carbonyl (C=O) groups excluding carboxylic acids is 1. The number of rotatable bonds is 0. The molecule has 3 heteroatoms. The smallest absolute Gasteiger partial charge is 0.203 e. The molecule has 2 rings (SSSR count). The Hall–Kier alpha value is -1.51. The molecule has 0 spiro atoms. The maximum atomic E-state index is 10.9. The van der Waals surface area contributed by atoms with Gasteiger partial charge in [0.25, 0.3) is 0 Å². The fourth-order valence-electron chi connectivity index (χ4n) is 1.07. The van der Waals surface area contributed by atoms with Gasteiger partial charge in [0, 0.05) is 6.07 Å². The van der Waals surface area contributed by atoms with Gasteiger partial charge in [-0.1, -0.05) is 0 Å². The van der Waals surface area contributed by atoms with Gasteiger partial charge in [0.05, 0.1) is 5.56 Å². The Kier molecular flexibility index (Phi) is 1.12. The van der Waals surface area contributed by atoms with E-state index in [1.807, 2.05) is 0 Å². The van der Waals surface area contributed by atoms with Crippen LogP contribution in [0.2, 0.25) is 0 Å². The van der Waals surface area contributed by atoms with Crippen molar-refractivity contribution in [1.29, 1.82) is 0 Å². The summed E-state index contributed by atoms with van der Waals surface area (Å²) >= 11 is 0. The van der Waals surface area contributed by atoms with Crippen molar-refractivity contribution >= 4 is 5.78 Å². The Labute approximate surface area is 63.2 Å². The van der Waals surface area contributed by atoms with Gasteiger partial charge in [-0.2, -0.15) is 0 Å². The van der Waals surface area contributed by atoms with Gasteiger partial charge in [-0.05, 0) is 12.1 Å². The van der Waals surface area contributed by atoms with E-state index in [1.165, 1.54) is 18.2 Å². The van der Waals surface area contributed by atoms with Gasteiger partial charge in [0.1, 0.15) is 5.75 Å². The summed E-state index contributed by atoms with van der Waals surface area (Å²) < 4.78 is 4.94. The van der Waals surface area contributed by atoms with Gasteiger partial charge in [0.2, 0.25) is 5.78 Å². The number of hydrogen-bond donors (Lipinski definition) is 0. The zero-order valence-electron chi connectivity index (χ0n) is 5.66. The van der Waals surface area contributed by atoms with E-state index in [4.69, 9.17) is 4.74 Å². The normalized spacial score (nSPS) is 14.4. The van der Waals surface area contributed by atoms with Crippen LogP contribution in [0.1, 0.15) is 10.4 Å². The molecule has 1 aliphatic rings. The first-order valence-corrected chi connectivity index (χ1v) is 3.24. The van der Waals surface area contributed by atoms with Crippen molar-refractivity contribution in [3.63, 3.8) is 0 Å². The molecule has 0 unspecified atom stereocenters. The lowest BCUT2D eigenvalue weighted by Crippen LogP contribution is -1.98. The Bertz CT molecular complexity index is 317. The molecule has 1 aromatic rings. The zero-order chi connectivity index (χ0) is 7.84. The molecule has 0 bridgehead atoms. The highest BCUT2D eigenvalue weighted by molar-refractivity contribution is 6.02. The molecule has 11 heavy (non-hydrogen) atoms. The van der Waals surface area contributed by atoms with Crippen molar-refractivity contribution in [3.8, 4) is 11.5 Å². The monoisotopic (exact) mass is 149 g/mol. The topological polar surface area (TPSA) is 46.2 Å². The number of hydrogen-bond acceptors (Lipinski definition) is 2. The Morgan fingerprint density at radius 1 is 1.36 bits per heavy atom. The van der Waals surface area contributed by atoms with Crippen molar-refractivity contribution in [2.45, 2.75) is 0 Å². The zero-order valence-corrected chi connectivity index (χ0v) is 5.66. The van der Waals surface area contributed by atoms with Gasteiger partial charge >= 0.3 is 0 Å². The van der Waals surface area contributed by atoms with Crippen LogP contribution in [-0.4, -0.2) is 12.4 Å². The van der Waals surface area contributed by atoms with Crippen molar-refractivity contribution in [2.24, 2.45) is 0 Å². The average Bonchev–Trinajstić information content (AvgIpc) is 2.32. The van der Waals surface area contributed by atoms with Crippen LogP contribution in [0.4, 0.5) is 0 Å². The van der Waals surface area contributed by atoms with Crippen LogP contribution >= 0.6 is 0 Å². The predicted octanol–water partition coefficient (Wildman–Crippen LogP) is 1.41. The van der Waals surface area contributed by atoms with E-state index in [1.54, 1.807) is 0 Å². The Balaban J connectivity index is 2.59. The van der Waals surface area contributed by atoms with E-state index in [9.17, 15) is 9.90 Å². The first kappa shape index (κ1) is 6.22. The number of ketones is 1. The van der Waals surface area contributed by atoms with Crippen molar-refractivity contribution in [3.05, 3.63) is 23.8 Å². The quantitative estimate of drug-likeness (QED) is 0.559. The van der Waals surface area contributed by atoms with Crippen molar-refractivity contribution < 1.29 is 14.6 Å². The van der Waals surface area contributed by atoms with Crippen LogP contribution in [0.15, 0.2) is 18.2 Å². The molecule has 0 fully saturated rings. The molecule has 0 amide bonds. The van der Waals surface area contributed by atoms with Crippen LogP contribution in [0, 0.1) is 0 Å². The number of fused-ring (bicyclic) bond motifs is 1. The SMILES string of the molecule is [O]c1ccc2c(c1)OCC2=O. The number of ether oxygens (including phenoxy) is 1. The summed E-state index contributed by atoms with van der Waals surface area (Å²) in [4.78, 5) is 10.9. The molecule has 0 aliphatic carbocycles. The molecule has 3 nitrogen and oxygen atoms in total. The molecular weight excluding hydrogens is 144 g/mol. The largest absolute Gasteiger partial charge is 0.485 e. The minimum absolute atomic E-state index is 0.0556. The number of carbonyl (C=O) groups is 1. The average molecular weight is 149 g/mol. The van der Waals surface area contributed by atoms with Crippen LogP contribution in [-0.2, 0) is 5.11 Å². The molecule has 0 saturated heterocycles. The second kappa shape index (κ2) is 1.99. The van der Waals surface area contributed by atoms with E-state index >= 15 is 0 Å². The maximum Gasteiger partial charge on any atom is 0.203 e. The molecule has 0 atom stereocenters. The first-order valence-electron chi connectivity index (χ1n) is 3.24. The minimum Gasteiger partial charge on any atom is -0.485 e. The summed E-state index contributed by atoms with van der Waals surface area (Å²) in [6, 6.07) is 4.21. The summed E-state index contributed by atoms with van der Waals surface area (Å²) in [6.07, 6.45) is 0. The van der Waals surface area contributed by atoms with E-state index in [0.29, 0.717) is 11.3 Å². The van der Waals surface area contributed by atoms with Crippen molar-refractivity contribution in [2.75, 3.05) is 6.61 Å². The molecule has 1 radical (unpaired) electrons. The van der Waals surface area contributed by atoms with E-state index in [-0.39, 0.29) is 18.1 Å². The first-order chi connectivity index (χ1) is 5.27. The van der Waals surface area contributed by atoms with Crippen LogP contribution in [0.3, 0.4) is 0 Å². The van der Waals surface area contributed by atoms with E-state index in [2.05, 4.69) is 0 Å². The fourth-order valence-corrected chi connectivity index (χ4v) is 1.07. The third kappa shape index (κ3) is 0.852. The van der Waals surface area contributed by atoms with E-state index < -0.39 is 0 Å². The number of benzene rings is 1. The molecule has 0 aromatic heterocycles. The van der Waals surface area contributed by atoms with Gasteiger partial charge in [-0.25, -0.2) is 0 Å². The molecular formula is C8H5O3. The standard InChI is InChI=1S/C8H5O3/c9-5-1-2-6-7(10)4-11-8(6)3-5/h1-3H,4H2. The number of Topliss-reactive ketones (excluding diaryl/α,β-unsaturated/α-hetero) is 1. The molecule has 1 aromatic carbocycles. The minimum atomic E-state index is -0.126. The third-order valence-electron chi connectivity index (χ3n) is 1.61. The van der Waals surface area contributed by atoms with Gasteiger partial charge in [-0.15, -0.1) is 0 Å². The van der Waals surface area contributed by atoms with Gasteiger partial charge in [-0.3, -0.25) is 9.90 Å². The maximum absolute atomic E-state index is 10.9. The lowest BCUT2D eigenvalue weighted by atomic mass is 10.1. The summed E-state index contributed by atoms with van der Waals surface area (Å²) in [6.45, 7) is 0.0682. The molecule has 1 aliphatic heterocycles. The highest BCUT2D eigenvalue weighted by atomic mass is 16.5.